The highest BCUT2D eigenvalue weighted by atomic mass is 16.2. The number of hydrogen-bond acceptors (Lipinski definition) is 4. The lowest BCUT2D eigenvalue weighted by Gasteiger charge is -2.35. The van der Waals surface area contributed by atoms with Crippen molar-refractivity contribution in [2.24, 2.45) is 0 Å². The Hall–Kier alpha value is -2.67. The van der Waals surface area contributed by atoms with Gasteiger partial charge in [-0.3, -0.25) is 14.7 Å². The van der Waals surface area contributed by atoms with E-state index < -0.39 is 0 Å². The van der Waals surface area contributed by atoms with Crippen LogP contribution >= 0.6 is 0 Å². The van der Waals surface area contributed by atoms with Gasteiger partial charge in [0.1, 0.15) is 5.69 Å². The predicted molar refractivity (Wildman–Crippen MR) is 95.6 cm³/mol. The number of aromatic amines is 1. The fourth-order valence-electron chi connectivity index (χ4n) is 3.10. The first kappa shape index (κ1) is 17.2. The van der Waals surface area contributed by atoms with Crippen molar-refractivity contribution in [3.05, 3.63) is 47.8 Å². The average molecular weight is 341 g/mol. The SMILES string of the molecule is CN1CCC[C@@H](N(C)C(=O)c2ccc(NC(=O)c3ccn[nH]3)cc2)C1. The first-order valence-electron chi connectivity index (χ1n) is 8.41. The van der Waals surface area contributed by atoms with Crippen LogP contribution in [0, 0.1) is 0 Å². The summed E-state index contributed by atoms with van der Waals surface area (Å²) in [5, 5.41) is 9.13. The predicted octanol–water partition coefficient (Wildman–Crippen LogP) is 1.83. The zero-order chi connectivity index (χ0) is 17.8. The molecule has 1 aromatic carbocycles. The normalized spacial score (nSPS) is 17.9. The Morgan fingerprint density at radius 3 is 2.68 bits per heavy atom. The first-order valence-corrected chi connectivity index (χ1v) is 8.41. The lowest BCUT2D eigenvalue weighted by Crippen LogP contribution is -2.47. The van der Waals surface area contributed by atoms with Crippen molar-refractivity contribution in [1.29, 1.82) is 0 Å². The molecule has 1 aromatic heterocycles. The molecule has 0 radical (unpaired) electrons. The van der Waals surface area contributed by atoms with E-state index in [0.29, 0.717) is 16.9 Å². The number of rotatable bonds is 4. The summed E-state index contributed by atoms with van der Waals surface area (Å²) < 4.78 is 0. The van der Waals surface area contributed by atoms with Crippen molar-refractivity contribution in [2.45, 2.75) is 18.9 Å². The molecule has 3 rings (SSSR count). The maximum atomic E-state index is 12.7. The van der Waals surface area contributed by atoms with E-state index in [1.807, 2.05) is 11.9 Å². The lowest BCUT2D eigenvalue weighted by atomic mass is 10.0. The van der Waals surface area contributed by atoms with Crippen LogP contribution in [0.15, 0.2) is 36.5 Å². The van der Waals surface area contributed by atoms with Crippen LogP contribution in [0.3, 0.4) is 0 Å². The van der Waals surface area contributed by atoms with Crippen LogP contribution in [0.25, 0.3) is 0 Å². The molecule has 132 valence electrons. The third-order valence-corrected chi connectivity index (χ3v) is 4.60. The van der Waals surface area contributed by atoms with Crippen molar-refractivity contribution in [1.82, 2.24) is 20.0 Å². The highest BCUT2D eigenvalue weighted by molar-refractivity contribution is 6.03. The summed E-state index contributed by atoms with van der Waals surface area (Å²) in [5.74, 6) is -0.259. The largest absolute Gasteiger partial charge is 0.337 e. The highest BCUT2D eigenvalue weighted by Crippen LogP contribution is 2.17. The van der Waals surface area contributed by atoms with Gasteiger partial charge in [-0.1, -0.05) is 0 Å². The molecule has 7 nitrogen and oxygen atoms in total. The van der Waals surface area contributed by atoms with E-state index in [4.69, 9.17) is 0 Å². The number of likely N-dealkylation sites (tertiary alicyclic amines) is 1. The maximum Gasteiger partial charge on any atom is 0.273 e. The molecule has 2 amide bonds. The van der Waals surface area contributed by atoms with Gasteiger partial charge in [0, 0.05) is 37.1 Å². The van der Waals surface area contributed by atoms with Crippen LogP contribution in [0.2, 0.25) is 0 Å². The van der Waals surface area contributed by atoms with Gasteiger partial charge in [0.25, 0.3) is 11.8 Å². The first-order chi connectivity index (χ1) is 12.0. The summed E-state index contributed by atoms with van der Waals surface area (Å²) in [5.41, 5.74) is 1.65. The number of hydrogen-bond donors (Lipinski definition) is 2. The molecule has 0 aliphatic carbocycles. The van der Waals surface area contributed by atoms with Crippen molar-refractivity contribution in [2.75, 3.05) is 32.5 Å². The molecule has 2 heterocycles. The van der Waals surface area contributed by atoms with Crippen molar-refractivity contribution in [3.63, 3.8) is 0 Å². The van der Waals surface area contributed by atoms with Gasteiger partial charge >= 0.3 is 0 Å². The molecule has 1 aliphatic heterocycles. The molecule has 1 saturated heterocycles. The van der Waals surface area contributed by atoms with Crippen LogP contribution < -0.4 is 5.32 Å². The fraction of sp³-hybridized carbons (Fsp3) is 0.389. The van der Waals surface area contributed by atoms with Crippen LogP contribution in [-0.2, 0) is 0 Å². The van der Waals surface area contributed by atoms with E-state index in [2.05, 4.69) is 27.5 Å². The van der Waals surface area contributed by atoms with Gasteiger partial charge in [-0.15, -0.1) is 0 Å². The van der Waals surface area contributed by atoms with Crippen molar-refractivity contribution >= 4 is 17.5 Å². The third-order valence-electron chi connectivity index (χ3n) is 4.60. The van der Waals surface area contributed by atoms with Crippen LogP contribution in [0.1, 0.15) is 33.7 Å². The zero-order valence-electron chi connectivity index (χ0n) is 14.5. The van der Waals surface area contributed by atoms with E-state index in [1.54, 1.807) is 30.3 Å². The molecule has 0 unspecified atom stereocenters. The number of aromatic nitrogens is 2. The molecule has 7 heteroatoms. The van der Waals surface area contributed by atoms with Gasteiger partial charge in [0.05, 0.1) is 0 Å². The average Bonchev–Trinajstić information content (AvgIpc) is 3.16. The minimum absolute atomic E-state index is 0.00624. The van der Waals surface area contributed by atoms with Gasteiger partial charge < -0.3 is 15.1 Å². The van der Waals surface area contributed by atoms with E-state index in [9.17, 15) is 9.59 Å². The number of H-pyrrole nitrogens is 1. The van der Waals surface area contributed by atoms with Crippen LogP contribution in [-0.4, -0.2) is 65.0 Å². The molecule has 2 aromatic rings. The minimum atomic E-state index is -0.265. The van der Waals surface area contributed by atoms with E-state index in [0.717, 1.165) is 25.9 Å². The Kier molecular flexibility index (Phi) is 5.14. The molecular formula is C18H23N5O2. The number of benzene rings is 1. The number of nitrogens with zero attached hydrogens (tertiary/aromatic N) is 3. The summed E-state index contributed by atoms with van der Waals surface area (Å²) in [6, 6.07) is 8.81. The van der Waals surface area contributed by atoms with Crippen LogP contribution in [0.4, 0.5) is 5.69 Å². The van der Waals surface area contributed by atoms with Crippen LogP contribution in [0.5, 0.6) is 0 Å². The number of piperidine rings is 1. The second-order valence-corrected chi connectivity index (χ2v) is 6.48. The van der Waals surface area contributed by atoms with Gasteiger partial charge in [0.2, 0.25) is 0 Å². The summed E-state index contributed by atoms with van der Waals surface area (Å²) in [6.07, 6.45) is 3.66. The van der Waals surface area contributed by atoms with Gasteiger partial charge in [0.15, 0.2) is 0 Å². The summed E-state index contributed by atoms with van der Waals surface area (Å²) in [4.78, 5) is 28.7. The van der Waals surface area contributed by atoms with Gasteiger partial charge in [-0.25, -0.2) is 0 Å². The Morgan fingerprint density at radius 1 is 1.28 bits per heavy atom. The zero-order valence-corrected chi connectivity index (χ0v) is 14.5. The number of likely N-dealkylation sites (N-methyl/N-ethyl adjacent to an activating group) is 2. The number of anilines is 1. The molecule has 2 N–H and O–H groups in total. The van der Waals surface area contributed by atoms with E-state index in [-0.39, 0.29) is 17.9 Å². The molecule has 1 aliphatic rings. The molecular weight excluding hydrogens is 318 g/mol. The standard InChI is InChI=1S/C18H23N5O2/c1-22-11-3-4-15(12-22)23(2)18(25)13-5-7-14(8-6-13)20-17(24)16-9-10-19-21-16/h5-10,15H,3-4,11-12H2,1-2H3,(H,19,21)(H,20,24)/t15-/m1/s1. The number of carbonyl (C=O) groups is 2. The molecule has 0 spiro atoms. The Labute approximate surface area is 147 Å². The highest BCUT2D eigenvalue weighted by Gasteiger charge is 2.25. The molecule has 0 saturated carbocycles. The van der Waals surface area contributed by atoms with Gasteiger partial charge in [-0.05, 0) is 56.8 Å². The summed E-state index contributed by atoms with van der Waals surface area (Å²) >= 11 is 0. The summed E-state index contributed by atoms with van der Waals surface area (Å²) in [6.45, 7) is 1.99. The monoisotopic (exact) mass is 341 g/mol. The molecule has 25 heavy (non-hydrogen) atoms. The quantitative estimate of drug-likeness (QED) is 0.889. The Bertz CT molecular complexity index is 726. The van der Waals surface area contributed by atoms with Gasteiger partial charge in [-0.2, -0.15) is 5.10 Å². The Morgan fingerprint density at radius 2 is 2.04 bits per heavy atom. The topological polar surface area (TPSA) is 81.3 Å². The number of amides is 2. The second-order valence-electron chi connectivity index (χ2n) is 6.48. The van der Waals surface area contributed by atoms with Crippen molar-refractivity contribution in [3.8, 4) is 0 Å². The Balaban J connectivity index is 1.63. The minimum Gasteiger partial charge on any atom is -0.337 e. The number of carbonyl (C=O) groups excluding carboxylic acids is 2. The second kappa shape index (κ2) is 7.48. The maximum absolute atomic E-state index is 12.7. The molecule has 0 bridgehead atoms. The fourth-order valence-corrected chi connectivity index (χ4v) is 3.10. The van der Waals surface area contributed by atoms with E-state index in [1.165, 1.54) is 6.20 Å². The summed E-state index contributed by atoms with van der Waals surface area (Å²) in [7, 11) is 3.95. The van der Waals surface area contributed by atoms with E-state index >= 15 is 0 Å². The number of nitrogens with one attached hydrogen (secondary N) is 2. The lowest BCUT2D eigenvalue weighted by molar-refractivity contribution is 0.0644. The molecule has 1 atom stereocenters. The van der Waals surface area contributed by atoms with Crippen molar-refractivity contribution < 1.29 is 9.59 Å². The smallest absolute Gasteiger partial charge is 0.273 e. The third kappa shape index (κ3) is 4.06. The molecule has 1 fully saturated rings.